The highest BCUT2D eigenvalue weighted by Crippen LogP contribution is 2.15. The summed E-state index contributed by atoms with van der Waals surface area (Å²) in [6.45, 7) is 7.42. The minimum Gasteiger partial charge on any atom is -0.493 e. The third-order valence-electron chi connectivity index (χ3n) is 2.39. The van der Waals surface area contributed by atoms with E-state index in [0.29, 0.717) is 12.2 Å². The molecule has 0 aromatic carbocycles. The molecule has 6 heteroatoms. The van der Waals surface area contributed by atoms with Gasteiger partial charge in [0, 0.05) is 6.04 Å². The van der Waals surface area contributed by atoms with Crippen LogP contribution in [-0.4, -0.2) is 35.0 Å². The number of amides is 1. The molecule has 1 rings (SSSR count). The first-order valence-electron chi connectivity index (χ1n) is 6.55. The summed E-state index contributed by atoms with van der Waals surface area (Å²) >= 11 is 0. The monoisotopic (exact) mass is 281 g/mol. The molecule has 0 aliphatic rings. The molecular weight excluding hydrogens is 258 g/mol. The molecule has 1 aromatic rings. The van der Waals surface area contributed by atoms with E-state index < -0.39 is 11.7 Å². The van der Waals surface area contributed by atoms with Crippen molar-refractivity contribution in [3.05, 3.63) is 18.0 Å². The molecule has 1 heterocycles. The zero-order valence-corrected chi connectivity index (χ0v) is 12.7. The fourth-order valence-electron chi connectivity index (χ4n) is 1.52. The van der Waals surface area contributed by atoms with Crippen LogP contribution in [0, 0.1) is 0 Å². The zero-order chi connectivity index (χ0) is 15.2. The third kappa shape index (κ3) is 5.77. The van der Waals surface area contributed by atoms with Gasteiger partial charge in [0.2, 0.25) is 0 Å². The lowest BCUT2D eigenvalue weighted by molar-refractivity contribution is 0.0509. The van der Waals surface area contributed by atoms with Crippen LogP contribution in [0.1, 0.15) is 39.8 Å². The van der Waals surface area contributed by atoms with Crippen molar-refractivity contribution >= 4 is 12.2 Å². The van der Waals surface area contributed by atoms with E-state index in [9.17, 15) is 4.79 Å². The highest BCUT2D eigenvalue weighted by molar-refractivity contribution is 5.68. The summed E-state index contributed by atoms with van der Waals surface area (Å²) in [5.74, 6) is 0.689. The van der Waals surface area contributed by atoms with E-state index in [2.05, 4.69) is 15.5 Å². The molecular formula is C14H23N3O3. The maximum absolute atomic E-state index is 11.6. The topological polar surface area (TPSA) is 76.2 Å². The van der Waals surface area contributed by atoms with Crippen LogP contribution in [0.3, 0.4) is 0 Å². The number of carbonyl (C=O) groups excluding carboxylic acids is 1. The van der Waals surface area contributed by atoms with E-state index in [1.54, 1.807) is 13.3 Å². The smallest absolute Gasteiger partial charge is 0.407 e. The lowest BCUT2D eigenvalue weighted by Gasteiger charge is -2.21. The van der Waals surface area contributed by atoms with Crippen molar-refractivity contribution in [2.45, 2.75) is 45.8 Å². The molecule has 0 unspecified atom stereocenters. The number of methoxy groups -OCH3 is 1. The second kappa shape index (κ2) is 6.98. The Bertz CT molecular complexity index is 460. The lowest BCUT2D eigenvalue weighted by Crippen LogP contribution is -2.37. The zero-order valence-electron chi connectivity index (χ0n) is 12.7. The Morgan fingerprint density at radius 1 is 1.55 bits per heavy atom. The van der Waals surface area contributed by atoms with E-state index in [0.717, 1.165) is 5.69 Å². The Labute approximate surface area is 119 Å². The van der Waals surface area contributed by atoms with E-state index in [-0.39, 0.29) is 6.04 Å². The number of alkyl carbamates (subject to hydrolysis) is 1. The number of nitrogens with one attached hydrogen (secondary N) is 2. The molecule has 0 aliphatic carbocycles. The minimum absolute atomic E-state index is 0.0185. The van der Waals surface area contributed by atoms with Gasteiger partial charge in [-0.1, -0.05) is 6.08 Å². The average molecular weight is 281 g/mol. The van der Waals surface area contributed by atoms with Crippen LogP contribution in [0.2, 0.25) is 0 Å². The van der Waals surface area contributed by atoms with Crippen LogP contribution in [-0.2, 0) is 4.74 Å². The summed E-state index contributed by atoms with van der Waals surface area (Å²) < 4.78 is 10.3. The average Bonchev–Trinajstić information content (AvgIpc) is 2.73. The van der Waals surface area contributed by atoms with Gasteiger partial charge in [-0.05, 0) is 40.2 Å². The fraction of sp³-hybridized carbons (Fsp3) is 0.571. The van der Waals surface area contributed by atoms with Crippen molar-refractivity contribution in [2.75, 3.05) is 7.11 Å². The van der Waals surface area contributed by atoms with Crippen LogP contribution in [0.5, 0.6) is 5.75 Å². The molecule has 1 amide bonds. The van der Waals surface area contributed by atoms with Crippen molar-refractivity contribution in [1.29, 1.82) is 0 Å². The van der Waals surface area contributed by atoms with E-state index in [1.165, 1.54) is 0 Å². The molecule has 0 aliphatic heterocycles. The molecule has 0 saturated carbocycles. The quantitative estimate of drug-likeness (QED) is 0.870. The van der Waals surface area contributed by atoms with Gasteiger partial charge in [0.05, 0.1) is 19.0 Å². The summed E-state index contributed by atoms with van der Waals surface area (Å²) in [5.41, 5.74) is 0.320. The Hall–Kier alpha value is -1.98. The van der Waals surface area contributed by atoms with Gasteiger partial charge in [0.15, 0.2) is 5.75 Å². The standard InChI is InChI=1S/C14H23N3O3/c1-10(16-13(18)20-14(2,3)4)7-6-8-11-12(19-5)9-15-17-11/h6,8-10H,7H2,1-5H3,(H,15,17)(H,16,18)/b8-6+/t10-/m0/s1. The van der Waals surface area contributed by atoms with Gasteiger partial charge in [0.1, 0.15) is 5.60 Å². The highest BCUT2D eigenvalue weighted by Gasteiger charge is 2.17. The van der Waals surface area contributed by atoms with Crippen molar-refractivity contribution < 1.29 is 14.3 Å². The molecule has 0 saturated heterocycles. The Balaban J connectivity index is 2.40. The summed E-state index contributed by atoms with van der Waals surface area (Å²) in [7, 11) is 1.59. The van der Waals surface area contributed by atoms with Crippen LogP contribution >= 0.6 is 0 Å². The molecule has 2 N–H and O–H groups in total. The SMILES string of the molecule is COc1cn[nH]c1/C=C/C[C@H](C)NC(=O)OC(C)(C)C. The first kappa shape index (κ1) is 16.1. The number of hydrogen-bond donors (Lipinski definition) is 2. The van der Waals surface area contributed by atoms with Gasteiger partial charge in [-0.2, -0.15) is 5.10 Å². The summed E-state index contributed by atoms with van der Waals surface area (Å²) in [6.07, 6.45) is 5.71. The molecule has 0 fully saturated rings. The molecule has 1 atom stereocenters. The molecule has 0 radical (unpaired) electrons. The molecule has 0 bridgehead atoms. The van der Waals surface area contributed by atoms with Crippen molar-refractivity contribution in [1.82, 2.24) is 15.5 Å². The Morgan fingerprint density at radius 3 is 2.85 bits per heavy atom. The van der Waals surface area contributed by atoms with Gasteiger partial charge in [0.25, 0.3) is 0 Å². The summed E-state index contributed by atoms with van der Waals surface area (Å²) in [4.78, 5) is 11.6. The number of carbonyl (C=O) groups is 1. The number of hydrogen-bond acceptors (Lipinski definition) is 4. The number of aromatic amines is 1. The third-order valence-corrected chi connectivity index (χ3v) is 2.39. The molecule has 112 valence electrons. The number of rotatable bonds is 5. The van der Waals surface area contributed by atoms with Crippen LogP contribution in [0.15, 0.2) is 12.3 Å². The normalized spacial score (nSPS) is 13.2. The van der Waals surface area contributed by atoms with E-state index in [1.807, 2.05) is 39.8 Å². The van der Waals surface area contributed by atoms with Crippen molar-refractivity contribution in [3.63, 3.8) is 0 Å². The summed E-state index contributed by atoms with van der Waals surface area (Å²) in [6, 6.07) is -0.0185. The van der Waals surface area contributed by atoms with Crippen LogP contribution < -0.4 is 10.1 Å². The first-order chi connectivity index (χ1) is 9.31. The second-order valence-corrected chi connectivity index (χ2v) is 5.54. The predicted molar refractivity (Wildman–Crippen MR) is 77.6 cm³/mol. The van der Waals surface area contributed by atoms with E-state index in [4.69, 9.17) is 9.47 Å². The summed E-state index contributed by atoms with van der Waals surface area (Å²) in [5, 5.41) is 9.49. The largest absolute Gasteiger partial charge is 0.493 e. The van der Waals surface area contributed by atoms with Crippen LogP contribution in [0.4, 0.5) is 4.79 Å². The predicted octanol–water partition coefficient (Wildman–Crippen LogP) is 2.73. The van der Waals surface area contributed by atoms with Gasteiger partial charge in [-0.25, -0.2) is 4.79 Å². The first-order valence-corrected chi connectivity index (χ1v) is 6.55. The second-order valence-electron chi connectivity index (χ2n) is 5.54. The van der Waals surface area contributed by atoms with Gasteiger partial charge < -0.3 is 14.8 Å². The fourth-order valence-corrected chi connectivity index (χ4v) is 1.52. The highest BCUT2D eigenvalue weighted by atomic mass is 16.6. The lowest BCUT2D eigenvalue weighted by atomic mass is 10.2. The molecule has 6 nitrogen and oxygen atoms in total. The van der Waals surface area contributed by atoms with E-state index >= 15 is 0 Å². The maximum Gasteiger partial charge on any atom is 0.407 e. The number of nitrogens with zero attached hydrogens (tertiary/aromatic N) is 1. The molecule has 1 aromatic heterocycles. The number of aromatic nitrogens is 2. The van der Waals surface area contributed by atoms with Gasteiger partial charge in [-0.3, -0.25) is 5.10 Å². The number of ether oxygens (including phenoxy) is 2. The van der Waals surface area contributed by atoms with Crippen molar-refractivity contribution in [3.8, 4) is 5.75 Å². The number of H-pyrrole nitrogens is 1. The Morgan fingerprint density at radius 2 is 2.25 bits per heavy atom. The molecule has 0 spiro atoms. The van der Waals surface area contributed by atoms with Gasteiger partial charge >= 0.3 is 6.09 Å². The molecule has 20 heavy (non-hydrogen) atoms. The maximum atomic E-state index is 11.6. The van der Waals surface area contributed by atoms with Gasteiger partial charge in [-0.15, -0.1) is 0 Å². The minimum atomic E-state index is -0.483. The van der Waals surface area contributed by atoms with Crippen LogP contribution in [0.25, 0.3) is 6.08 Å². The Kier molecular flexibility index (Phi) is 5.61. The van der Waals surface area contributed by atoms with Crippen molar-refractivity contribution in [2.24, 2.45) is 0 Å².